The zero-order valence-electron chi connectivity index (χ0n) is 50.8. The Bertz CT molecular complexity index is 2680. The van der Waals surface area contributed by atoms with Crippen molar-refractivity contribution in [2.24, 2.45) is 22.7 Å². The van der Waals surface area contributed by atoms with Gasteiger partial charge in [0, 0.05) is 38.0 Å². The lowest BCUT2D eigenvalue weighted by Gasteiger charge is -2.67. The molecular formula is C66H91NO18. The van der Waals surface area contributed by atoms with E-state index in [0.29, 0.717) is 24.8 Å². The molecule has 2 saturated heterocycles. The van der Waals surface area contributed by atoms with Crippen LogP contribution in [0.2, 0.25) is 0 Å². The number of fused-ring (bicyclic) bond motifs is 5. The van der Waals surface area contributed by atoms with E-state index in [4.69, 9.17) is 42.6 Å². The molecule has 2 aromatic carbocycles. The highest BCUT2D eigenvalue weighted by molar-refractivity contribution is 5.95. The number of amides is 1. The van der Waals surface area contributed by atoms with Crippen LogP contribution in [-0.4, -0.2) is 132 Å². The highest BCUT2D eigenvalue weighted by atomic mass is 16.8. The summed E-state index contributed by atoms with van der Waals surface area (Å²) in [5, 5.41) is 29.2. The summed E-state index contributed by atoms with van der Waals surface area (Å²) in [6, 6.07) is 14.9. The summed E-state index contributed by atoms with van der Waals surface area (Å²) >= 11 is 0. The van der Waals surface area contributed by atoms with Crippen LogP contribution in [0.1, 0.15) is 199 Å². The van der Waals surface area contributed by atoms with Crippen LogP contribution in [0.3, 0.4) is 0 Å². The van der Waals surface area contributed by atoms with Crippen molar-refractivity contribution in [3.8, 4) is 0 Å². The van der Waals surface area contributed by atoms with E-state index in [1.54, 1.807) is 62.4 Å². The van der Waals surface area contributed by atoms with Crippen molar-refractivity contribution in [3.05, 3.63) is 82.9 Å². The summed E-state index contributed by atoms with van der Waals surface area (Å²) in [4.78, 5) is 100. The van der Waals surface area contributed by atoms with E-state index >= 15 is 9.59 Å². The van der Waals surface area contributed by atoms with Gasteiger partial charge in [0.1, 0.15) is 42.7 Å². The van der Waals surface area contributed by atoms with E-state index in [1.165, 1.54) is 103 Å². The van der Waals surface area contributed by atoms with Crippen molar-refractivity contribution in [2.75, 3.05) is 19.8 Å². The number of carbonyl (C=O) groups is 7. The maximum Gasteiger partial charge on any atom is 0.509 e. The van der Waals surface area contributed by atoms with Crippen LogP contribution in [-0.2, 0) is 66.6 Å². The minimum Gasteiger partial charge on any atom is -0.455 e. The minimum absolute atomic E-state index is 0.0319. The van der Waals surface area contributed by atoms with E-state index in [1.807, 2.05) is 0 Å². The van der Waals surface area contributed by atoms with Gasteiger partial charge >= 0.3 is 30.0 Å². The Hall–Kier alpha value is -5.73. The number of carbonyl (C=O) groups excluding carboxylic acids is 7. The lowest BCUT2D eigenvalue weighted by molar-refractivity contribution is -0.346. The first-order valence-corrected chi connectivity index (χ1v) is 31.2. The second kappa shape index (κ2) is 28.9. The first kappa shape index (κ1) is 65.2. The minimum atomic E-state index is -2.46. The predicted octanol–water partition coefficient (Wildman–Crippen LogP) is 10.00. The van der Waals surface area contributed by atoms with Crippen molar-refractivity contribution in [2.45, 2.75) is 243 Å². The van der Waals surface area contributed by atoms with Crippen molar-refractivity contribution in [3.63, 3.8) is 0 Å². The maximum absolute atomic E-state index is 15.8. The Morgan fingerprint density at radius 3 is 1.93 bits per heavy atom. The number of ether oxygens (including phenoxy) is 9. The molecule has 1 amide bonds. The largest absolute Gasteiger partial charge is 0.509 e. The summed E-state index contributed by atoms with van der Waals surface area (Å²) in [7, 11) is 0. The number of benzene rings is 2. The number of rotatable bonds is 29. The molecule has 2 heterocycles. The van der Waals surface area contributed by atoms with Gasteiger partial charge < -0.3 is 58.2 Å². The van der Waals surface area contributed by atoms with Crippen LogP contribution in [0.25, 0.3) is 0 Å². The summed E-state index contributed by atoms with van der Waals surface area (Å²) in [6.45, 7) is 10.1. The van der Waals surface area contributed by atoms with Crippen molar-refractivity contribution < 1.29 is 86.4 Å². The van der Waals surface area contributed by atoms with Crippen molar-refractivity contribution in [1.29, 1.82) is 0 Å². The molecule has 4 aliphatic carbocycles. The first-order valence-electron chi connectivity index (χ1n) is 31.2. The van der Waals surface area contributed by atoms with Crippen LogP contribution in [0.15, 0.2) is 71.8 Å². The Morgan fingerprint density at radius 1 is 0.765 bits per heavy atom. The van der Waals surface area contributed by atoms with Crippen LogP contribution in [0, 0.1) is 22.7 Å². The van der Waals surface area contributed by atoms with Gasteiger partial charge in [0.2, 0.25) is 12.0 Å². The van der Waals surface area contributed by atoms with Gasteiger partial charge in [0.25, 0.3) is 0 Å². The third-order valence-electron chi connectivity index (χ3n) is 18.8. The monoisotopic (exact) mass is 1190 g/mol. The highest BCUT2D eigenvalue weighted by Crippen LogP contribution is 2.64. The van der Waals surface area contributed by atoms with E-state index < -0.39 is 131 Å². The standard InChI is InChI=1S/C66H91NO18/c1-8-9-10-11-12-13-14-15-16-17-18-19-20-21-28-33-51-77-38-47(81-51)39-78-62(75)83-55(53(44-29-24-22-25-30-44)67-59(72)45-34-35-45)61(74)82-48-37-66(76)58(84-60(73)46-31-26-23-27-32-46)56-64(7,49(70)36-50-65(56,40-79-50)85-43(4)69)57(71)54(80-42(3)68)52(41(48)2)63(66,5)6/h22-27,29-32,45,47-51,53-56,58,70,76H,8-21,28,33-40H2,1-7H3,(H,67,72)/t47-,48-,49-,50+,51?,53-,54+,55+,56?,58-,64+,65-,66+/m0/s1. The van der Waals surface area contributed by atoms with Gasteiger partial charge in [-0.3, -0.25) is 19.2 Å². The molecule has 2 bridgehead atoms. The summed E-state index contributed by atoms with van der Waals surface area (Å²) in [5.74, 6) is -7.13. The highest BCUT2D eigenvalue weighted by Gasteiger charge is 2.78. The van der Waals surface area contributed by atoms with E-state index in [2.05, 4.69) is 12.2 Å². The first-order chi connectivity index (χ1) is 40.7. The Kier molecular flexibility index (Phi) is 22.1. The number of aliphatic hydroxyl groups is 2. The maximum atomic E-state index is 15.8. The number of esters is 4. The second-order valence-corrected chi connectivity index (χ2v) is 25.2. The number of nitrogens with one attached hydrogen (secondary N) is 1. The topological polar surface area (TPSA) is 255 Å². The molecule has 6 aliphatic rings. The van der Waals surface area contributed by atoms with Gasteiger partial charge in [-0.05, 0) is 68.4 Å². The quantitative estimate of drug-likeness (QED) is 0.0296. The molecule has 19 nitrogen and oxygen atoms in total. The number of ketones is 1. The number of hydrogen-bond donors (Lipinski definition) is 3. The number of aliphatic hydroxyl groups excluding tert-OH is 1. The Balaban J connectivity index is 1.03. The Labute approximate surface area is 500 Å². The Morgan fingerprint density at radius 2 is 1.36 bits per heavy atom. The van der Waals surface area contributed by atoms with Gasteiger partial charge in [0.05, 0.1) is 36.2 Å². The molecule has 3 N–H and O–H groups in total. The fourth-order valence-corrected chi connectivity index (χ4v) is 13.8. The molecular weight excluding hydrogens is 1090 g/mol. The fraction of sp³-hybridized carbons (Fsp3) is 0.682. The number of Topliss-reactive ketones (excluding diaryl/α,β-unsaturated/α-hetero) is 1. The molecule has 468 valence electrons. The van der Waals surface area contributed by atoms with E-state index in [0.717, 1.165) is 33.1 Å². The summed E-state index contributed by atoms with van der Waals surface area (Å²) in [5.41, 5.74) is -7.59. The van der Waals surface area contributed by atoms with Gasteiger partial charge in [-0.1, -0.05) is 159 Å². The van der Waals surface area contributed by atoms with Gasteiger partial charge in [-0.25, -0.2) is 14.4 Å². The predicted molar refractivity (Wildman–Crippen MR) is 309 cm³/mol. The molecule has 2 unspecified atom stereocenters. The fourth-order valence-electron chi connectivity index (χ4n) is 13.8. The van der Waals surface area contributed by atoms with Gasteiger partial charge in [0.15, 0.2) is 23.8 Å². The van der Waals surface area contributed by atoms with Gasteiger partial charge in [-0.2, -0.15) is 0 Å². The van der Waals surface area contributed by atoms with E-state index in [9.17, 15) is 34.2 Å². The molecule has 0 radical (unpaired) electrons. The molecule has 0 aromatic heterocycles. The molecule has 8 rings (SSSR count). The van der Waals surface area contributed by atoms with E-state index in [-0.39, 0.29) is 48.9 Å². The molecule has 0 spiro atoms. The smallest absolute Gasteiger partial charge is 0.455 e. The lowest BCUT2D eigenvalue weighted by Crippen LogP contribution is -2.82. The van der Waals surface area contributed by atoms with Crippen molar-refractivity contribution >= 4 is 41.7 Å². The number of unbranched alkanes of at least 4 members (excludes halogenated alkanes) is 14. The molecule has 19 heteroatoms. The number of hydrogen-bond acceptors (Lipinski definition) is 18. The third kappa shape index (κ3) is 14.8. The zero-order valence-corrected chi connectivity index (χ0v) is 50.8. The van der Waals surface area contributed by atoms with Crippen LogP contribution >= 0.6 is 0 Å². The van der Waals surface area contributed by atoms with Crippen LogP contribution in [0.5, 0.6) is 0 Å². The average Bonchev–Trinajstić information content (AvgIpc) is 1.14. The van der Waals surface area contributed by atoms with Crippen molar-refractivity contribution in [1.82, 2.24) is 5.32 Å². The normalized spacial score (nSPS) is 30.0. The second-order valence-electron chi connectivity index (χ2n) is 25.2. The molecule has 3 saturated carbocycles. The summed E-state index contributed by atoms with van der Waals surface area (Å²) in [6.07, 6.45) is 7.43. The lowest BCUT2D eigenvalue weighted by atomic mass is 9.44. The molecule has 13 atom stereocenters. The zero-order chi connectivity index (χ0) is 61.1. The molecule has 85 heavy (non-hydrogen) atoms. The summed E-state index contributed by atoms with van der Waals surface area (Å²) < 4.78 is 54.6. The van der Waals surface area contributed by atoms with Crippen LogP contribution in [0.4, 0.5) is 4.79 Å². The molecule has 2 aliphatic heterocycles. The third-order valence-corrected chi connectivity index (χ3v) is 18.8. The van der Waals surface area contributed by atoms with Gasteiger partial charge in [-0.15, -0.1) is 0 Å². The SMILES string of the molecule is CCCCCCCCCCCCCCCCCC1OC[C@@H](COC(=O)O[C@@H](C(=O)O[C@H]2C[C@@]3(O)[C@@H](OC(=O)c4ccccc4)C4[C@](C)(C(=O)[C@H](OC(C)=O)C(=C2C)C3(C)C)[C@@H](O)C[C@H]2OC[C@@]42OC(C)=O)[C@@H](NC(=O)C2CC2)c2ccccc2)O1. The molecule has 5 fully saturated rings. The van der Waals surface area contributed by atoms with Crippen LogP contribution < -0.4 is 5.32 Å². The average molecular weight is 1190 g/mol. The molecule has 2 aromatic rings.